The number of pyridine rings is 1. The largest absolute Gasteiger partial charge is 0.493 e. The minimum atomic E-state index is -0.496. The number of hydrogen-bond acceptors (Lipinski definition) is 5. The number of fused-ring (bicyclic) bond motifs is 1. The first-order valence-electron chi connectivity index (χ1n) is 10.7. The van der Waals surface area contributed by atoms with E-state index < -0.39 is 5.60 Å². The van der Waals surface area contributed by atoms with Crippen LogP contribution in [0, 0.1) is 0 Å². The van der Waals surface area contributed by atoms with E-state index in [1.165, 1.54) is 5.57 Å². The fourth-order valence-corrected chi connectivity index (χ4v) is 3.85. The molecule has 0 spiro atoms. The van der Waals surface area contributed by atoms with Crippen molar-refractivity contribution in [1.82, 2.24) is 14.9 Å². The Morgan fingerprint density at radius 2 is 1.88 bits per heavy atom. The Labute approximate surface area is 188 Å². The second-order valence-electron chi connectivity index (χ2n) is 8.80. The average Bonchev–Trinajstić information content (AvgIpc) is 3.20. The summed E-state index contributed by atoms with van der Waals surface area (Å²) in [5.41, 5.74) is 4.63. The number of amides is 1. The molecule has 0 fully saturated rings. The standard InChI is InChI=1S/C25H29N3O4/c1-25(2,3)32-24(29)28-10-8-16(9-11-28)20-15-27-23-19(20)12-18(14-26-23)17-6-7-21(30-4)22(13-17)31-5/h6-8,12-15H,9-11H2,1-5H3,(H,26,27). The molecule has 1 aliphatic heterocycles. The molecule has 7 heteroatoms. The van der Waals surface area contributed by atoms with E-state index in [0.717, 1.165) is 34.1 Å². The Morgan fingerprint density at radius 3 is 2.53 bits per heavy atom. The van der Waals surface area contributed by atoms with Gasteiger partial charge in [0, 0.05) is 42.0 Å². The van der Waals surface area contributed by atoms with Gasteiger partial charge in [-0.3, -0.25) is 0 Å². The minimum Gasteiger partial charge on any atom is -0.493 e. The van der Waals surface area contributed by atoms with Crippen molar-refractivity contribution in [3.05, 3.63) is 48.3 Å². The SMILES string of the molecule is COc1ccc(-c2cnc3[nH]cc(C4=CCN(C(=O)OC(C)(C)C)CC4)c3c2)cc1OC. The summed E-state index contributed by atoms with van der Waals surface area (Å²) in [5, 5.41) is 1.05. The van der Waals surface area contributed by atoms with Gasteiger partial charge in [0.05, 0.1) is 14.2 Å². The third-order valence-electron chi connectivity index (χ3n) is 5.45. The molecule has 2 aromatic heterocycles. The number of aromatic amines is 1. The fourth-order valence-electron chi connectivity index (χ4n) is 3.85. The molecule has 0 aliphatic carbocycles. The lowest BCUT2D eigenvalue weighted by atomic mass is 9.98. The highest BCUT2D eigenvalue weighted by Crippen LogP contribution is 2.35. The van der Waals surface area contributed by atoms with E-state index >= 15 is 0 Å². The van der Waals surface area contributed by atoms with Gasteiger partial charge in [-0.25, -0.2) is 9.78 Å². The van der Waals surface area contributed by atoms with Crippen molar-refractivity contribution >= 4 is 22.7 Å². The Hall–Kier alpha value is -3.48. The number of H-pyrrole nitrogens is 1. The summed E-state index contributed by atoms with van der Waals surface area (Å²) in [6.07, 6.45) is 6.42. The third kappa shape index (κ3) is 4.42. The van der Waals surface area contributed by atoms with Gasteiger partial charge in [-0.05, 0) is 56.5 Å². The van der Waals surface area contributed by atoms with Crippen molar-refractivity contribution in [2.75, 3.05) is 27.3 Å². The van der Waals surface area contributed by atoms with E-state index in [2.05, 4.69) is 22.1 Å². The lowest BCUT2D eigenvalue weighted by Gasteiger charge is -2.29. The smallest absolute Gasteiger partial charge is 0.410 e. The predicted octanol–water partition coefficient (Wildman–Crippen LogP) is 5.27. The number of carbonyl (C=O) groups excluding carboxylic acids is 1. The first kappa shape index (κ1) is 21.7. The van der Waals surface area contributed by atoms with Crippen molar-refractivity contribution in [3.63, 3.8) is 0 Å². The van der Waals surface area contributed by atoms with Gasteiger partial charge in [-0.1, -0.05) is 12.1 Å². The van der Waals surface area contributed by atoms with Crippen LogP contribution in [0.15, 0.2) is 42.7 Å². The van der Waals surface area contributed by atoms with E-state index in [4.69, 9.17) is 14.2 Å². The Bertz CT molecular complexity index is 1170. The lowest BCUT2D eigenvalue weighted by molar-refractivity contribution is 0.0270. The van der Waals surface area contributed by atoms with Gasteiger partial charge >= 0.3 is 6.09 Å². The number of aromatic nitrogens is 2. The second-order valence-corrected chi connectivity index (χ2v) is 8.80. The number of nitrogens with one attached hydrogen (secondary N) is 1. The van der Waals surface area contributed by atoms with Crippen LogP contribution in [-0.2, 0) is 4.74 Å². The quantitative estimate of drug-likeness (QED) is 0.604. The van der Waals surface area contributed by atoms with Crippen LogP contribution in [0.5, 0.6) is 11.5 Å². The van der Waals surface area contributed by atoms with E-state index in [9.17, 15) is 4.79 Å². The van der Waals surface area contributed by atoms with E-state index in [1.54, 1.807) is 19.1 Å². The van der Waals surface area contributed by atoms with Crippen LogP contribution in [-0.4, -0.2) is 53.9 Å². The molecule has 0 saturated carbocycles. The summed E-state index contributed by atoms with van der Waals surface area (Å²) in [6, 6.07) is 7.98. The summed E-state index contributed by atoms with van der Waals surface area (Å²) in [6.45, 7) is 6.79. The molecule has 4 rings (SSSR count). The molecule has 0 unspecified atom stereocenters. The monoisotopic (exact) mass is 435 g/mol. The summed E-state index contributed by atoms with van der Waals surface area (Å²) in [5.74, 6) is 1.37. The highest BCUT2D eigenvalue weighted by molar-refractivity contribution is 5.93. The maximum Gasteiger partial charge on any atom is 0.410 e. The van der Waals surface area contributed by atoms with Crippen molar-refractivity contribution in [3.8, 4) is 22.6 Å². The fraction of sp³-hybridized carbons (Fsp3) is 0.360. The molecule has 1 aliphatic rings. The Morgan fingerprint density at radius 1 is 1.09 bits per heavy atom. The van der Waals surface area contributed by atoms with Crippen LogP contribution in [0.3, 0.4) is 0 Å². The topological polar surface area (TPSA) is 76.7 Å². The van der Waals surface area contributed by atoms with Crippen molar-refractivity contribution in [2.45, 2.75) is 32.8 Å². The van der Waals surface area contributed by atoms with E-state index in [0.29, 0.717) is 24.6 Å². The first-order valence-corrected chi connectivity index (χ1v) is 10.7. The predicted molar refractivity (Wildman–Crippen MR) is 125 cm³/mol. The van der Waals surface area contributed by atoms with Gasteiger partial charge in [-0.2, -0.15) is 0 Å². The lowest BCUT2D eigenvalue weighted by Crippen LogP contribution is -2.39. The van der Waals surface area contributed by atoms with Crippen LogP contribution in [0.25, 0.3) is 27.7 Å². The van der Waals surface area contributed by atoms with Crippen molar-refractivity contribution in [1.29, 1.82) is 0 Å². The molecular weight excluding hydrogens is 406 g/mol. The number of methoxy groups -OCH3 is 2. The van der Waals surface area contributed by atoms with Gasteiger partial charge < -0.3 is 24.1 Å². The molecule has 168 valence electrons. The molecule has 32 heavy (non-hydrogen) atoms. The molecular formula is C25H29N3O4. The van der Waals surface area contributed by atoms with Crippen LogP contribution >= 0.6 is 0 Å². The zero-order valence-electron chi connectivity index (χ0n) is 19.2. The number of rotatable bonds is 4. The van der Waals surface area contributed by atoms with Crippen LogP contribution in [0.2, 0.25) is 0 Å². The van der Waals surface area contributed by atoms with Gasteiger partial charge in [0.25, 0.3) is 0 Å². The normalized spacial score (nSPS) is 14.3. The zero-order valence-corrected chi connectivity index (χ0v) is 19.2. The Kier molecular flexibility index (Phi) is 5.82. The average molecular weight is 436 g/mol. The molecule has 0 radical (unpaired) electrons. The second kappa shape index (κ2) is 8.57. The van der Waals surface area contributed by atoms with Crippen molar-refractivity contribution in [2.24, 2.45) is 0 Å². The summed E-state index contributed by atoms with van der Waals surface area (Å²) >= 11 is 0. The molecule has 0 saturated heterocycles. The molecule has 3 aromatic rings. The zero-order chi connectivity index (χ0) is 22.9. The summed E-state index contributed by atoms with van der Waals surface area (Å²) in [4.78, 5) is 22.0. The molecule has 1 N–H and O–H groups in total. The highest BCUT2D eigenvalue weighted by Gasteiger charge is 2.24. The van der Waals surface area contributed by atoms with Crippen molar-refractivity contribution < 1.29 is 19.0 Å². The van der Waals surface area contributed by atoms with Crippen LogP contribution < -0.4 is 9.47 Å². The molecule has 0 atom stereocenters. The number of nitrogens with zero attached hydrogens (tertiary/aromatic N) is 2. The van der Waals surface area contributed by atoms with E-state index in [-0.39, 0.29) is 6.09 Å². The number of ether oxygens (including phenoxy) is 3. The first-order chi connectivity index (χ1) is 15.3. The molecule has 0 bridgehead atoms. The number of hydrogen-bond donors (Lipinski definition) is 1. The molecule has 7 nitrogen and oxygen atoms in total. The Balaban J connectivity index is 1.61. The van der Waals surface area contributed by atoms with Crippen LogP contribution in [0.4, 0.5) is 4.79 Å². The van der Waals surface area contributed by atoms with Gasteiger partial charge in [0.15, 0.2) is 11.5 Å². The molecule has 1 amide bonds. The maximum atomic E-state index is 12.4. The van der Waals surface area contributed by atoms with E-state index in [1.807, 2.05) is 51.4 Å². The summed E-state index contributed by atoms with van der Waals surface area (Å²) in [7, 11) is 3.25. The summed E-state index contributed by atoms with van der Waals surface area (Å²) < 4.78 is 16.3. The maximum absolute atomic E-state index is 12.4. The molecule has 1 aromatic carbocycles. The number of carbonyl (C=O) groups is 1. The third-order valence-corrected chi connectivity index (χ3v) is 5.45. The van der Waals surface area contributed by atoms with Gasteiger partial charge in [-0.15, -0.1) is 0 Å². The highest BCUT2D eigenvalue weighted by atomic mass is 16.6. The van der Waals surface area contributed by atoms with Gasteiger partial charge in [0.2, 0.25) is 0 Å². The van der Waals surface area contributed by atoms with Crippen LogP contribution in [0.1, 0.15) is 32.8 Å². The van der Waals surface area contributed by atoms with Gasteiger partial charge in [0.1, 0.15) is 11.2 Å². The minimum absolute atomic E-state index is 0.274. The molecule has 3 heterocycles. The number of benzene rings is 1.